The molecule has 28 heavy (non-hydrogen) atoms. The van der Waals surface area contributed by atoms with E-state index >= 15 is 0 Å². The van der Waals surface area contributed by atoms with Gasteiger partial charge in [-0.3, -0.25) is 4.79 Å². The van der Waals surface area contributed by atoms with Crippen molar-refractivity contribution in [3.8, 4) is 11.5 Å². The summed E-state index contributed by atoms with van der Waals surface area (Å²) >= 11 is 0. The number of nitrogens with zero attached hydrogens (tertiary/aromatic N) is 2. The number of nitrogens with one attached hydrogen (secondary N) is 1. The number of hydrogen-bond donors (Lipinski definition) is 1. The molecular weight excluding hydrogens is 354 g/mol. The molecule has 1 aliphatic heterocycles. The molecule has 0 radical (unpaired) electrons. The molecule has 4 rings (SSSR count). The van der Waals surface area contributed by atoms with E-state index in [1.807, 2.05) is 60.4 Å². The van der Waals surface area contributed by atoms with E-state index in [2.05, 4.69) is 17.1 Å². The van der Waals surface area contributed by atoms with Crippen LogP contribution in [0.3, 0.4) is 0 Å². The Hall–Kier alpha value is -2.99. The summed E-state index contributed by atoms with van der Waals surface area (Å²) in [6.45, 7) is 1.74. The molecule has 0 fully saturated rings. The first-order chi connectivity index (χ1) is 13.6. The number of fused-ring (bicyclic) bond motifs is 2. The lowest BCUT2D eigenvalue weighted by molar-refractivity contribution is -0.132. The van der Waals surface area contributed by atoms with Crippen LogP contribution in [0.1, 0.15) is 11.1 Å². The Morgan fingerprint density at radius 3 is 2.79 bits per heavy atom. The van der Waals surface area contributed by atoms with Gasteiger partial charge < -0.3 is 24.3 Å². The van der Waals surface area contributed by atoms with E-state index in [1.54, 1.807) is 0 Å². The van der Waals surface area contributed by atoms with Crippen molar-refractivity contribution in [1.29, 1.82) is 0 Å². The minimum Gasteiger partial charge on any atom is -0.454 e. The van der Waals surface area contributed by atoms with Crippen LogP contribution in [0.4, 0.5) is 0 Å². The van der Waals surface area contributed by atoms with E-state index in [0.717, 1.165) is 29.0 Å². The number of amides is 1. The van der Waals surface area contributed by atoms with Crippen LogP contribution >= 0.6 is 0 Å². The summed E-state index contributed by atoms with van der Waals surface area (Å²) in [4.78, 5) is 20.0. The van der Waals surface area contributed by atoms with Gasteiger partial charge in [0.2, 0.25) is 12.7 Å². The Morgan fingerprint density at radius 1 is 1.07 bits per heavy atom. The van der Waals surface area contributed by atoms with Gasteiger partial charge in [-0.05, 0) is 38.2 Å². The standard InChI is InChI=1S/C22H25N3O3/c1-24(2)14-21(26)25(13-17-6-5-9-20-22(17)28-15-27-20)11-10-16-12-23-19-8-4-3-7-18(16)19/h3-9,12,23H,10-11,13-15H2,1-2H3. The van der Waals surface area contributed by atoms with Crippen LogP contribution in [0.5, 0.6) is 11.5 Å². The van der Waals surface area contributed by atoms with E-state index in [9.17, 15) is 4.79 Å². The molecule has 6 heteroatoms. The highest BCUT2D eigenvalue weighted by molar-refractivity contribution is 5.83. The quantitative estimate of drug-likeness (QED) is 0.686. The van der Waals surface area contributed by atoms with Gasteiger partial charge in [0.25, 0.3) is 0 Å². The van der Waals surface area contributed by atoms with Crippen LogP contribution in [0.15, 0.2) is 48.7 Å². The van der Waals surface area contributed by atoms with Crippen LogP contribution in [0.2, 0.25) is 0 Å². The fourth-order valence-electron chi connectivity index (χ4n) is 3.58. The number of ether oxygens (including phenoxy) is 2. The summed E-state index contributed by atoms with van der Waals surface area (Å²) in [5, 5.41) is 1.21. The fourth-order valence-corrected chi connectivity index (χ4v) is 3.58. The van der Waals surface area contributed by atoms with Gasteiger partial charge in [-0.15, -0.1) is 0 Å². The molecule has 1 aliphatic rings. The molecule has 6 nitrogen and oxygen atoms in total. The molecule has 3 aromatic rings. The minimum absolute atomic E-state index is 0.0985. The summed E-state index contributed by atoms with van der Waals surface area (Å²) in [7, 11) is 3.82. The van der Waals surface area contributed by atoms with Crippen molar-refractivity contribution in [2.24, 2.45) is 0 Å². The Kier molecular flexibility index (Phi) is 5.21. The molecule has 146 valence electrons. The van der Waals surface area contributed by atoms with Crippen LogP contribution in [0.25, 0.3) is 10.9 Å². The summed E-state index contributed by atoms with van der Waals surface area (Å²) in [6.07, 6.45) is 2.83. The maximum Gasteiger partial charge on any atom is 0.237 e. The highest BCUT2D eigenvalue weighted by Gasteiger charge is 2.22. The molecule has 0 bridgehead atoms. The summed E-state index contributed by atoms with van der Waals surface area (Å²) in [6, 6.07) is 14.1. The maximum atomic E-state index is 12.9. The zero-order valence-electron chi connectivity index (χ0n) is 16.3. The van der Waals surface area contributed by atoms with Crippen LogP contribution in [0, 0.1) is 0 Å². The average molecular weight is 379 g/mol. The summed E-state index contributed by atoms with van der Waals surface area (Å²) < 4.78 is 11.1. The first-order valence-electron chi connectivity index (χ1n) is 9.47. The average Bonchev–Trinajstić information content (AvgIpc) is 3.32. The lowest BCUT2D eigenvalue weighted by Crippen LogP contribution is -2.38. The Morgan fingerprint density at radius 2 is 1.93 bits per heavy atom. The van der Waals surface area contributed by atoms with Crippen molar-refractivity contribution in [3.05, 3.63) is 59.8 Å². The van der Waals surface area contributed by atoms with Gasteiger partial charge in [0.1, 0.15) is 0 Å². The third-order valence-corrected chi connectivity index (χ3v) is 4.97. The van der Waals surface area contributed by atoms with Crippen molar-refractivity contribution in [2.45, 2.75) is 13.0 Å². The largest absolute Gasteiger partial charge is 0.454 e. The molecule has 2 aromatic carbocycles. The summed E-state index contributed by atoms with van der Waals surface area (Å²) in [5.41, 5.74) is 3.31. The van der Waals surface area contributed by atoms with E-state index in [-0.39, 0.29) is 12.7 Å². The van der Waals surface area contributed by atoms with Gasteiger partial charge in [-0.25, -0.2) is 0 Å². The topological polar surface area (TPSA) is 57.8 Å². The number of carbonyl (C=O) groups is 1. The molecule has 1 amide bonds. The molecule has 0 saturated carbocycles. The monoisotopic (exact) mass is 379 g/mol. The number of aromatic amines is 1. The lowest BCUT2D eigenvalue weighted by Gasteiger charge is -2.25. The van der Waals surface area contributed by atoms with E-state index in [4.69, 9.17) is 9.47 Å². The molecule has 2 heterocycles. The Bertz CT molecular complexity index is 980. The third-order valence-electron chi connectivity index (χ3n) is 4.97. The first kappa shape index (κ1) is 18.4. The van der Waals surface area contributed by atoms with E-state index < -0.39 is 0 Å². The lowest BCUT2D eigenvalue weighted by atomic mass is 10.1. The van der Waals surface area contributed by atoms with Crippen molar-refractivity contribution in [1.82, 2.24) is 14.8 Å². The van der Waals surface area contributed by atoms with Gasteiger partial charge in [0, 0.05) is 35.8 Å². The highest BCUT2D eigenvalue weighted by atomic mass is 16.7. The second-order valence-electron chi connectivity index (χ2n) is 7.31. The molecule has 1 N–H and O–H groups in total. The highest BCUT2D eigenvalue weighted by Crippen LogP contribution is 2.36. The van der Waals surface area contributed by atoms with E-state index in [0.29, 0.717) is 19.6 Å². The van der Waals surface area contributed by atoms with Gasteiger partial charge in [0.05, 0.1) is 6.54 Å². The SMILES string of the molecule is CN(C)CC(=O)N(CCc1c[nH]c2ccccc12)Cc1cccc2c1OCO2. The minimum atomic E-state index is 0.0985. The van der Waals surface area contributed by atoms with Gasteiger partial charge in [-0.1, -0.05) is 30.3 Å². The molecule has 0 spiro atoms. The van der Waals surface area contributed by atoms with Crippen LogP contribution < -0.4 is 9.47 Å². The predicted octanol–water partition coefficient (Wildman–Crippen LogP) is 3.03. The number of aromatic nitrogens is 1. The molecule has 0 aliphatic carbocycles. The second-order valence-corrected chi connectivity index (χ2v) is 7.31. The molecule has 0 atom stereocenters. The Labute approximate surface area is 164 Å². The number of likely N-dealkylation sites (N-methyl/N-ethyl adjacent to an activating group) is 1. The Balaban J connectivity index is 1.54. The zero-order chi connectivity index (χ0) is 19.5. The van der Waals surface area contributed by atoms with Crippen molar-refractivity contribution in [3.63, 3.8) is 0 Å². The maximum absolute atomic E-state index is 12.9. The molecular formula is C22H25N3O3. The normalized spacial score (nSPS) is 12.7. The smallest absolute Gasteiger partial charge is 0.237 e. The van der Waals surface area contributed by atoms with Gasteiger partial charge >= 0.3 is 0 Å². The van der Waals surface area contributed by atoms with Crippen molar-refractivity contribution < 1.29 is 14.3 Å². The number of rotatable bonds is 7. The number of H-pyrrole nitrogens is 1. The zero-order valence-corrected chi connectivity index (χ0v) is 16.3. The molecule has 1 aromatic heterocycles. The third kappa shape index (κ3) is 3.82. The van der Waals surface area contributed by atoms with Crippen LogP contribution in [-0.4, -0.2) is 54.7 Å². The van der Waals surface area contributed by atoms with Crippen molar-refractivity contribution >= 4 is 16.8 Å². The van der Waals surface area contributed by atoms with Crippen LogP contribution in [-0.2, 0) is 17.8 Å². The number of hydrogen-bond acceptors (Lipinski definition) is 4. The van der Waals surface area contributed by atoms with Crippen molar-refractivity contribution in [2.75, 3.05) is 34.0 Å². The number of benzene rings is 2. The van der Waals surface area contributed by atoms with Gasteiger partial charge in [-0.2, -0.15) is 0 Å². The van der Waals surface area contributed by atoms with Gasteiger partial charge in [0.15, 0.2) is 11.5 Å². The number of carbonyl (C=O) groups excluding carboxylic acids is 1. The molecule has 0 saturated heterocycles. The first-order valence-corrected chi connectivity index (χ1v) is 9.47. The summed E-state index contributed by atoms with van der Waals surface area (Å²) in [5.74, 6) is 1.59. The van der Waals surface area contributed by atoms with E-state index in [1.165, 1.54) is 10.9 Å². The fraction of sp³-hybridized carbons (Fsp3) is 0.318. The second kappa shape index (κ2) is 7.94. The predicted molar refractivity (Wildman–Crippen MR) is 109 cm³/mol. The number of para-hydroxylation sites is 2. The molecule has 0 unspecified atom stereocenters.